The molecule has 0 aliphatic heterocycles. The van der Waals surface area contributed by atoms with E-state index in [-0.39, 0.29) is 22.5 Å². The van der Waals surface area contributed by atoms with Crippen molar-refractivity contribution in [3.63, 3.8) is 0 Å². The number of nitrogens with one attached hydrogen (secondary N) is 1. The Bertz CT molecular complexity index is 635. The Kier molecular flexibility index (Phi) is 5.08. The third kappa shape index (κ3) is 4.23. The second-order valence-electron chi connectivity index (χ2n) is 5.98. The predicted octanol–water partition coefficient (Wildman–Crippen LogP) is 1.55. The van der Waals surface area contributed by atoms with Crippen LogP contribution in [0.1, 0.15) is 26.3 Å². The van der Waals surface area contributed by atoms with Crippen LogP contribution in [-0.4, -0.2) is 25.9 Å². The molecule has 0 saturated heterocycles. The molecule has 8 heteroatoms. The number of rotatable bonds is 5. The van der Waals surface area contributed by atoms with E-state index < -0.39 is 21.0 Å². The highest BCUT2D eigenvalue weighted by molar-refractivity contribution is 7.89. The van der Waals surface area contributed by atoms with Crippen molar-refractivity contribution in [2.24, 2.45) is 11.1 Å². The molecule has 0 aliphatic carbocycles. The Labute approximate surface area is 124 Å². The van der Waals surface area contributed by atoms with Gasteiger partial charge in [-0.1, -0.05) is 26.8 Å². The Morgan fingerprint density at radius 1 is 1.38 bits per heavy atom. The van der Waals surface area contributed by atoms with Crippen molar-refractivity contribution in [2.45, 2.75) is 38.6 Å². The highest BCUT2D eigenvalue weighted by Crippen LogP contribution is 2.24. The molecule has 0 amide bonds. The molecule has 0 aromatic heterocycles. The topological polar surface area (TPSA) is 115 Å². The van der Waals surface area contributed by atoms with E-state index in [1.807, 2.05) is 20.8 Å². The number of sulfonamides is 1. The van der Waals surface area contributed by atoms with Gasteiger partial charge in [0.2, 0.25) is 10.0 Å². The maximum Gasteiger partial charge on any atom is 0.270 e. The van der Waals surface area contributed by atoms with Crippen molar-refractivity contribution < 1.29 is 13.3 Å². The lowest BCUT2D eigenvalue weighted by Crippen LogP contribution is -2.48. The van der Waals surface area contributed by atoms with Gasteiger partial charge in [-0.05, 0) is 17.9 Å². The largest absolute Gasteiger partial charge is 0.329 e. The van der Waals surface area contributed by atoms with Crippen LogP contribution in [0.3, 0.4) is 0 Å². The molecule has 7 nitrogen and oxygen atoms in total. The summed E-state index contributed by atoms with van der Waals surface area (Å²) in [7, 11) is -3.88. The molecule has 0 fully saturated rings. The average Bonchev–Trinajstić information content (AvgIpc) is 2.34. The number of nitrogens with two attached hydrogens (primary N) is 1. The van der Waals surface area contributed by atoms with Gasteiger partial charge in [0.15, 0.2) is 0 Å². The fraction of sp³-hybridized carbons (Fsp3) is 0.538. The monoisotopic (exact) mass is 315 g/mol. The standard InChI is InChI=1S/C13H21N3O4S/c1-9-5-6-10(16(17)18)7-11(9)21(19,20)15-12(8-14)13(2,3)4/h5-7,12,15H,8,14H2,1-4H3. The van der Waals surface area contributed by atoms with Gasteiger partial charge in [-0.2, -0.15) is 0 Å². The van der Waals surface area contributed by atoms with Gasteiger partial charge >= 0.3 is 0 Å². The molecule has 0 aliphatic rings. The summed E-state index contributed by atoms with van der Waals surface area (Å²) in [6, 6.07) is 3.29. The number of aryl methyl sites for hydroxylation is 1. The van der Waals surface area contributed by atoms with Crippen molar-refractivity contribution in [1.29, 1.82) is 0 Å². The van der Waals surface area contributed by atoms with Crippen LogP contribution in [0.2, 0.25) is 0 Å². The van der Waals surface area contributed by atoms with Gasteiger partial charge in [0.1, 0.15) is 0 Å². The van der Waals surface area contributed by atoms with E-state index in [2.05, 4.69) is 4.72 Å². The number of hydrogen-bond acceptors (Lipinski definition) is 5. The van der Waals surface area contributed by atoms with Crippen LogP contribution in [0.15, 0.2) is 23.1 Å². The van der Waals surface area contributed by atoms with E-state index in [9.17, 15) is 18.5 Å². The van der Waals surface area contributed by atoms with Gasteiger partial charge in [0, 0.05) is 24.7 Å². The maximum atomic E-state index is 12.5. The third-order valence-electron chi connectivity index (χ3n) is 3.25. The van der Waals surface area contributed by atoms with Crippen molar-refractivity contribution >= 4 is 15.7 Å². The zero-order valence-corrected chi connectivity index (χ0v) is 13.4. The van der Waals surface area contributed by atoms with E-state index in [1.165, 1.54) is 12.1 Å². The first kappa shape index (κ1) is 17.5. The molecule has 0 heterocycles. The van der Waals surface area contributed by atoms with E-state index in [0.29, 0.717) is 5.56 Å². The fourth-order valence-electron chi connectivity index (χ4n) is 1.82. The smallest absolute Gasteiger partial charge is 0.270 e. The summed E-state index contributed by atoms with van der Waals surface area (Å²) in [6.07, 6.45) is 0. The summed E-state index contributed by atoms with van der Waals surface area (Å²) >= 11 is 0. The second kappa shape index (κ2) is 6.08. The van der Waals surface area contributed by atoms with Crippen molar-refractivity contribution in [3.05, 3.63) is 33.9 Å². The van der Waals surface area contributed by atoms with Gasteiger partial charge in [-0.15, -0.1) is 0 Å². The van der Waals surface area contributed by atoms with Crippen molar-refractivity contribution in [1.82, 2.24) is 4.72 Å². The lowest BCUT2D eigenvalue weighted by molar-refractivity contribution is -0.385. The summed E-state index contributed by atoms with van der Waals surface area (Å²) < 4.78 is 27.4. The third-order valence-corrected chi connectivity index (χ3v) is 4.86. The predicted molar refractivity (Wildman–Crippen MR) is 80.5 cm³/mol. The lowest BCUT2D eigenvalue weighted by atomic mass is 9.88. The van der Waals surface area contributed by atoms with Crippen LogP contribution in [0.25, 0.3) is 0 Å². The zero-order chi connectivity index (χ0) is 16.4. The Morgan fingerprint density at radius 2 is 1.95 bits per heavy atom. The van der Waals surface area contributed by atoms with Crippen molar-refractivity contribution in [3.8, 4) is 0 Å². The number of benzene rings is 1. The molecule has 0 radical (unpaired) electrons. The molecule has 0 bridgehead atoms. The van der Waals surface area contributed by atoms with Gasteiger partial charge in [0.25, 0.3) is 5.69 Å². The number of nitrogens with zero attached hydrogens (tertiary/aromatic N) is 1. The molecule has 1 aromatic rings. The van der Waals surface area contributed by atoms with Crippen LogP contribution < -0.4 is 10.5 Å². The summed E-state index contributed by atoms with van der Waals surface area (Å²) in [5, 5.41) is 10.8. The Balaban J connectivity index is 3.25. The quantitative estimate of drug-likeness (QED) is 0.632. The van der Waals surface area contributed by atoms with Gasteiger partial charge < -0.3 is 5.73 Å². The average molecular weight is 315 g/mol. The van der Waals surface area contributed by atoms with Crippen LogP contribution >= 0.6 is 0 Å². The number of nitro benzene ring substituents is 1. The highest BCUT2D eigenvalue weighted by atomic mass is 32.2. The molecule has 118 valence electrons. The van der Waals surface area contributed by atoms with E-state index >= 15 is 0 Å². The van der Waals surface area contributed by atoms with Crippen LogP contribution in [0, 0.1) is 22.5 Å². The van der Waals surface area contributed by atoms with Crippen LogP contribution in [0.4, 0.5) is 5.69 Å². The van der Waals surface area contributed by atoms with E-state index in [1.54, 1.807) is 6.92 Å². The number of nitro groups is 1. The fourth-order valence-corrected chi connectivity index (χ4v) is 3.54. The molecular formula is C13H21N3O4S. The minimum Gasteiger partial charge on any atom is -0.329 e. The maximum absolute atomic E-state index is 12.5. The molecule has 3 N–H and O–H groups in total. The summed E-state index contributed by atoms with van der Waals surface area (Å²) in [4.78, 5) is 10.1. The van der Waals surface area contributed by atoms with Gasteiger partial charge in [-0.3, -0.25) is 10.1 Å². The van der Waals surface area contributed by atoms with Gasteiger partial charge in [0.05, 0.1) is 9.82 Å². The first-order chi connectivity index (χ1) is 9.49. The molecular weight excluding hydrogens is 294 g/mol. The van der Waals surface area contributed by atoms with Crippen LogP contribution in [0.5, 0.6) is 0 Å². The first-order valence-corrected chi connectivity index (χ1v) is 7.95. The van der Waals surface area contributed by atoms with E-state index in [0.717, 1.165) is 6.07 Å². The Hall–Kier alpha value is -1.51. The summed E-state index contributed by atoms with van der Waals surface area (Å²) in [5.41, 5.74) is 5.44. The highest BCUT2D eigenvalue weighted by Gasteiger charge is 2.30. The number of hydrogen-bond donors (Lipinski definition) is 2. The molecule has 1 unspecified atom stereocenters. The van der Waals surface area contributed by atoms with Gasteiger partial charge in [-0.25, -0.2) is 13.1 Å². The van der Waals surface area contributed by atoms with E-state index in [4.69, 9.17) is 5.73 Å². The molecule has 1 rings (SSSR count). The summed E-state index contributed by atoms with van der Waals surface area (Å²) in [6.45, 7) is 7.33. The Morgan fingerprint density at radius 3 is 2.38 bits per heavy atom. The second-order valence-corrected chi connectivity index (χ2v) is 7.66. The molecule has 0 spiro atoms. The molecule has 1 atom stereocenters. The minimum atomic E-state index is -3.88. The molecule has 1 aromatic carbocycles. The molecule has 0 saturated carbocycles. The zero-order valence-electron chi connectivity index (χ0n) is 12.6. The lowest BCUT2D eigenvalue weighted by Gasteiger charge is -2.30. The summed E-state index contributed by atoms with van der Waals surface area (Å²) in [5.74, 6) is 0. The minimum absolute atomic E-state index is 0.0978. The first-order valence-electron chi connectivity index (χ1n) is 6.46. The van der Waals surface area contributed by atoms with Crippen LogP contribution in [-0.2, 0) is 10.0 Å². The SMILES string of the molecule is Cc1ccc([N+](=O)[O-])cc1S(=O)(=O)NC(CN)C(C)(C)C. The normalized spacial score (nSPS) is 14.0. The molecule has 21 heavy (non-hydrogen) atoms. The van der Waals surface area contributed by atoms with Crippen molar-refractivity contribution in [2.75, 3.05) is 6.54 Å². The number of non-ortho nitro benzene ring substituents is 1.